The minimum Gasteiger partial charge on any atom is -0.449 e. The first kappa shape index (κ1) is 19.5. The van der Waals surface area contributed by atoms with Crippen molar-refractivity contribution < 1.29 is 14.3 Å². The van der Waals surface area contributed by atoms with E-state index in [0.717, 1.165) is 11.8 Å². The van der Waals surface area contributed by atoms with Gasteiger partial charge in [0.2, 0.25) is 0 Å². The van der Waals surface area contributed by atoms with Gasteiger partial charge >= 0.3 is 6.09 Å². The number of rotatable bonds is 4. The van der Waals surface area contributed by atoms with Crippen molar-refractivity contribution in [1.29, 1.82) is 0 Å². The Bertz CT molecular complexity index is 1120. The fourth-order valence-corrected chi connectivity index (χ4v) is 3.79. The minimum absolute atomic E-state index is 0.0247. The lowest BCUT2D eigenvalue weighted by molar-refractivity contribution is 0.112. The van der Waals surface area contributed by atoms with Crippen LogP contribution >= 0.6 is 0 Å². The molecule has 1 aliphatic carbocycles. The molecule has 3 aromatic carbocycles. The van der Waals surface area contributed by atoms with Gasteiger partial charge in [-0.2, -0.15) is 0 Å². The molecule has 0 aromatic heterocycles. The van der Waals surface area contributed by atoms with Crippen LogP contribution in [0.25, 0.3) is 11.1 Å². The van der Waals surface area contributed by atoms with Crippen LogP contribution in [0.4, 0.5) is 4.79 Å². The summed E-state index contributed by atoms with van der Waals surface area (Å²) < 4.78 is 5.48. The van der Waals surface area contributed by atoms with Gasteiger partial charge in [0.15, 0.2) is 6.29 Å². The second kappa shape index (κ2) is 8.67. The van der Waals surface area contributed by atoms with Crippen LogP contribution in [0.15, 0.2) is 66.7 Å². The van der Waals surface area contributed by atoms with Gasteiger partial charge in [0.1, 0.15) is 6.61 Å². The van der Waals surface area contributed by atoms with Crippen molar-refractivity contribution in [3.63, 3.8) is 0 Å². The SMILES string of the molecule is Cc1ccc(C=O)c(C#CCNC(=O)OCC2c3ccccc3-c3ccccc32)c1. The Morgan fingerprint density at radius 2 is 1.70 bits per heavy atom. The summed E-state index contributed by atoms with van der Waals surface area (Å²) in [6, 6.07) is 21.9. The molecule has 148 valence electrons. The van der Waals surface area contributed by atoms with E-state index in [1.165, 1.54) is 22.3 Å². The first-order chi connectivity index (χ1) is 14.7. The quantitative estimate of drug-likeness (QED) is 0.515. The van der Waals surface area contributed by atoms with Crippen molar-refractivity contribution in [3.05, 3.63) is 94.5 Å². The first-order valence-electron chi connectivity index (χ1n) is 9.81. The smallest absolute Gasteiger partial charge is 0.407 e. The van der Waals surface area contributed by atoms with E-state index in [-0.39, 0.29) is 19.1 Å². The maximum atomic E-state index is 12.2. The predicted molar refractivity (Wildman–Crippen MR) is 117 cm³/mol. The predicted octanol–water partition coefficient (Wildman–Crippen LogP) is 4.70. The summed E-state index contributed by atoms with van der Waals surface area (Å²) in [5, 5.41) is 2.65. The van der Waals surface area contributed by atoms with Gasteiger partial charge in [0, 0.05) is 17.0 Å². The topological polar surface area (TPSA) is 55.4 Å². The van der Waals surface area contributed by atoms with Crippen LogP contribution in [0.2, 0.25) is 0 Å². The molecule has 3 aromatic rings. The number of benzene rings is 3. The average Bonchev–Trinajstić information content (AvgIpc) is 3.09. The highest BCUT2D eigenvalue weighted by atomic mass is 16.5. The van der Waals surface area contributed by atoms with Crippen LogP contribution in [0, 0.1) is 18.8 Å². The van der Waals surface area contributed by atoms with Crippen molar-refractivity contribution in [2.24, 2.45) is 0 Å². The minimum atomic E-state index is -0.508. The summed E-state index contributed by atoms with van der Waals surface area (Å²) in [4.78, 5) is 23.3. The van der Waals surface area contributed by atoms with E-state index in [1.807, 2.05) is 43.3 Å². The zero-order chi connectivity index (χ0) is 20.9. The molecular weight excluding hydrogens is 374 g/mol. The van der Waals surface area contributed by atoms with Gasteiger partial charge in [0.05, 0.1) is 6.54 Å². The van der Waals surface area contributed by atoms with Gasteiger partial charge in [-0.1, -0.05) is 72.5 Å². The summed E-state index contributed by atoms with van der Waals surface area (Å²) >= 11 is 0. The Labute approximate surface area is 175 Å². The molecule has 0 heterocycles. The maximum absolute atomic E-state index is 12.2. The number of aldehydes is 1. The number of aryl methyl sites for hydroxylation is 1. The van der Waals surface area contributed by atoms with Crippen LogP contribution < -0.4 is 5.32 Å². The number of carbonyl (C=O) groups excluding carboxylic acids is 2. The average molecular weight is 395 g/mol. The van der Waals surface area contributed by atoms with Gasteiger partial charge in [-0.15, -0.1) is 0 Å². The van der Waals surface area contributed by atoms with Gasteiger partial charge in [-0.05, 0) is 40.8 Å². The van der Waals surface area contributed by atoms with Crippen molar-refractivity contribution in [2.75, 3.05) is 13.2 Å². The fraction of sp³-hybridized carbons (Fsp3) is 0.154. The molecule has 1 N–H and O–H groups in total. The molecule has 0 bridgehead atoms. The summed E-state index contributed by atoms with van der Waals surface area (Å²) in [5.41, 5.74) is 6.94. The normalized spacial score (nSPS) is 11.6. The van der Waals surface area contributed by atoms with E-state index in [0.29, 0.717) is 11.1 Å². The molecule has 0 atom stereocenters. The third-order valence-corrected chi connectivity index (χ3v) is 5.22. The Hall–Kier alpha value is -3.84. The number of nitrogens with one attached hydrogen (secondary N) is 1. The highest BCUT2D eigenvalue weighted by molar-refractivity contribution is 5.80. The maximum Gasteiger partial charge on any atom is 0.407 e. The van der Waals surface area contributed by atoms with Gasteiger partial charge < -0.3 is 10.1 Å². The molecule has 0 saturated carbocycles. The van der Waals surface area contributed by atoms with Crippen molar-refractivity contribution in [2.45, 2.75) is 12.8 Å². The van der Waals surface area contributed by atoms with Crippen molar-refractivity contribution in [3.8, 4) is 23.0 Å². The molecule has 0 spiro atoms. The second-order valence-electron chi connectivity index (χ2n) is 7.19. The molecule has 0 aliphatic heterocycles. The number of hydrogen-bond donors (Lipinski definition) is 1. The number of amides is 1. The number of fused-ring (bicyclic) bond motifs is 3. The first-order valence-corrected chi connectivity index (χ1v) is 9.81. The lowest BCUT2D eigenvalue weighted by atomic mass is 9.98. The Balaban J connectivity index is 1.37. The van der Waals surface area contributed by atoms with E-state index in [1.54, 1.807) is 6.07 Å². The molecule has 30 heavy (non-hydrogen) atoms. The third kappa shape index (κ3) is 3.97. The Morgan fingerprint density at radius 1 is 1.03 bits per heavy atom. The van der Waals surface area contributed by atoms with Crippen LogP contribution in [-0.4, -0.2) is 25.5 Å². The Kier molecular flexibility index (Phi) is 5.63. The lowest BCUT2D eigenvalue weighted by Gasteiger charge is -2.14. The fourth-order valence-electron chi connectivity index (χ4n) is 3.79. The largest absolute Gasteiger partial charge is 0.449 e. The van der Waals surface area contributed by atoms with Crippen LogP contribution in [0.3, 0.4) is 0 Å². The van der Waals surface area contributed by atoms with E-state index in [2.05, 4.69) is 41.4 Å². The van der Waals surface area contributed by atoms with E-state index < -0.39 is 6.09 Å². The molecule has 0 radical (unpaired) electrons. The molecule has 0 unspecified atom stereocenters. The number of carbonyl (C=O) groups is 2. The summed E-state index contributed by atoms with van der Waals surface area (Å²) in [6.45, 7) is 2.35. The monoisotopic (exact) mass is 395 g/mol. The summed E-state index contributed by atoms with van der Waals surface area (Å²) in [6.07, 6.45) is 0.272. The van der Waals surface area contributed by atoms with Crippen LogP contribution in [0.5, 0.6) is 0 Å². The molecule has 4 heteroatoms. The molecule has 4 rings (SSSR count). The number of hydrogen-bond acceptors (Lipinski definition) is 3. The number of ether oxygens (including phenoxy) is 1. The highest BCUT2D eigenvalue weighted by Gasteiger charge is 2.28. The van der Waals surface area contributed by atoms with Gasteiger partial charge in [-0.25, -0.2) is 4.79 Å². The zero-order valence-electron chi connectivity index (χ0n) is 16.6. The Morgan fingerprint density at radius 3 is 2.37 bits per heavy atom. The van der Waals surface area contributed by atoms with Crippen LogP contribution in [-0.2, 0) is 4.74 Å². The molecule has 1 amide bonds. The van der Waals surface area contributed by atoms with E-state index >= 15 is 0 Å². The highest BCUT2D eigenvalue weighted by Crippen LogP contribution is 2.44. The molecular formula is C26H21NO3. The zero-order valence-corrected chi connectivity index (χ0v) is 16.6. The summed E-state index contributed by atoms with van der Waals surface area (Å²) in [7, 11) is 0. The molecule has 4 nitrogen and oxygen atoms in total. The molecule has 0 saturated heterocycles. The van der Waals surface area contributed by atoms with Crippen molar-refractivity contribution in [1.82, 2.24) is 5.32 Å². The third-order valence-electron chi connectivity index (χ3n) is 5.22. The van der Waals surface area contributed by atoms with Crippen molar-refractivity contribution >= 4 is 12.4 Å². The standard InChI is InChI=1S/C26H21NO3/c1-18-12-13-20(16-28)19(15-18)7-6-14-27-26(29)30-17-25-23-10-4-2-8-21(23)22-9-3-5-11-24(22)25/h2-5,8-13,15-16,25H,14,17H2,1H3,(H,27,29). The molecule has 0 fully saturated rings. The number of alkyl carbamates (subject to hydrolysis) is 1. The lowest BCUT2D eigenvalue weighted by Crippen LogP contribution is -2.26. The molecule has 1 aliphatic rings. The second-order valence-corrected chi connectivity index (χ2v) is 7.19. The summed E-state index contributed by atoms with van der Waals surface area (Å²) in [5.74, 6) is 5.83. The van der Waals surface area contributed by atoms with Crippen LogP contribution in [0.1, 0.15) is 38.5 Å². The van der Waals surface area contributed by atoms with E-state index in [4.69, 9.17) is 4.74 Å². The van der Waals surface area contributed by atoms with Gasteiger partial charge in [0.25, 0.3) is 0 Å². The van der Waals surface area contributed by atoms with E-state index in [9.17, 15) is 9.59 Å². The van der Waals surface area contributed by atoms with Gasteiger partial charge in [-0.3, -0.25) is 4.79 Å².